The summed E-state index contributed by atoms with van der Waals surface area (Å²) in [7, 11) is 1.68. The minimum absolute atomic E-state index is 0.252. The third-order valence-electron chi connectivity index (χ3n) is 3.42. The maximum absolute atomic E-state index is 12.1. The second-order valence-electron chi connectivity index (χ2n) is 4.76. The standard InChI is InChI=1S/C13H26N2O2/c1-4-14-8-7-13(16)15(9-10-17-3)11(2)12-5-6-12/h11-12,14H,4-10H2,1-3H3. The Balaban J connectivity index is 2.39. The molecule has 1 unspecified atom stereocenters. The molecule has 1 rings (SSSR count). The van der Waals surface area contributed by atoms with Crippen LogP contribution in [-0.2, 0) is 9.53 Å². The van der Waals surface area contributed by atoms with Crippen LogP contribution in [0.2, 0.25) is 0 Å². The molecule has 0 aromatic rings. The van der Waals surface area contributed by atoms with Gasteiger partial charge in [0.25, 0.3) is 0 Å². The number of hydrogen-bond acceptors (Lipinski definition) is 3. The molecule has 4 heteroatoms. The summed E-state index contributed by atoms with van der Waals surface area (Å²) in [4.78, 5) is 14.1. The topological polar surface area (TPSA) is 41.6 Å². The van der Waals surface area contributed by atoms with Crippen LogP contribution < -0.4 is 5.32 Å². The molecule has 0 aromatic carbocycles. The second-order valence-corrected chi connectivity index (χ2v) is 4.76. The minimum atomic E-state index is 0.252. The predicted octanol–water partition coefficient (Wildman–Crippen LogP) is 1.26. The van der Waals surface area contributed by atoms with Gasteiger partial charge in [-0.3, -0.25) is 4.79 Å². The highest BCUT2D eigenvalue weighted by Gasteiger charge is 2.33. The maximum atomic E-state index is 12.1. The van der Waals surface area contributed by atoms with E-state index in [0.29, 0.717) is 19.1 Å². The molecule has 0 aromatic heterocycles. The zero-order valence-electron chi connectivity index (χ0n) is 11.4. The van der Waals surface area contributed by atoms with Gasteiger partial charge in [-0.05, 0) is 32.2 Å². The lowest BCUT2D eigenvalue weighted by Gasteiger charge is -2.29. The molecule has 4 nitrogen and oxygen atoms in total. The Morgan fingerprint density at radius 2 is 2.24 bits per heavy atom. The van der Waals surface area contributed by atoms with Gasteiger partial charge in [0.05, 0.1) is 6.61 Å². The molecule has 17 heavy (non-hydrogen) atoms. The van der Waals surface area contributed by atoms with Crippen LogP contribution in [0.25, 0.3) is 0 Å². The fourth-order valence-corrected chi connectivity index (χ4v) is 2.09. The first-order chi connectivity index (χ1) is 8.20. The van der Waals surface area contributed by atoms with Gasteiger partial charge < -0.3 is 15.0 Å². The van der Waals surface area contributed by atoms with Gasteiger partial charge in [-0.15, -0.1) is 0 Å². The number of methoxy groups -OCH3 is 1. The first kappa shape index (κ1) is 14.5. The van der Waals surface area contributed by atoms with Gasteiger partial charge in [-0.1, -0.05) is 6.92 Å². The maximum Gasteiger partial charge on any atom is 0.224 e. The fraction of sp³-hybridized carbons (Fsp3) is 0.923. The molecule has 1 amide bonds. The van der Waals surface area contributed by atoms with E-state index in [-0.39, 0.29) is 5.91 Å². The first-order valence-corrected chi connectivity index (χ1v) is 6.69. The molecular weight excluding hydrogens is 216 g/mol. The van der Waals surface area contributed by atoms with Crippen LogP contribution in [0.5, 0.6) is 0 Å². The Labute approximate surface area is 105 Å². The molecular formula is C13H26N2O2. The van der Waals surface area contributed by atoms with Crippen LogP contribution in [0.15, 0.2) is 0 Å². The number of amides is 1. The molecule has 0 heterocycles. The molecule has 0 aliphatic heterocycles. The SMILES string of the molecule is CCNCCC(=O)N(CCOC)C(C)C1CC1. The van der Waals surface area contributed by atoms with E-state index >= 15 is 0 Å². The van der Waals surface area contributed by atoms with E-state index in [0.717, 1.165) is 25.6 Å². The Morgan fingerprint density at radius 3 is 2.76 bits per heavy atom. The number of hydrogen-bond donors (Lipinski definition) is 1. The lowest BCUT2D eigenvalue weighted by atomic mass is 10.1. The van der Waals surface area contributed by atoms with Crippen molar-refractivity contribution in [2.24, 2.45) is 5.92 Å². The lowest BCUT2D eigenvalue weighted by Crippen LogP contribution is -2.42. The number of nitrogens with one attached hydrogen (secondary N) is 1. The highest BCUT2D eigenvalue weighted by Crippen LogP contribution is 2.35. The zero-order valence-corrected chi connectivity index (χ0v) is 11.4. The van der Waals surface area contributed by atoms with E-state index < -0.39 is 0 Å². The number of ether oxygens (including phenoxy) is 1. The van der Waals surface area contributed by atoms with Crippen LogP contribution in [0.1, 0.15) is 33.1 Å². The van der Waals surface area contributed by atoms with Crippen LogP contribution in [-0.4, -0.2) is 50.2 Å². The summed E-state index contributed by atoms with van der Waals surface area (Å²) in [6.07, 6.45) is 3.13. The third kappa shape index (κ3) is 5.04. The summed E-state index contributed by atoms with van der Waals surface area (Å²) in [5, 5.41) is 3.20. The van der Waals surface area contributed by atoms with Crippen LogP contribution in [0.4, 0.5) is 0 Å². The van der Waals surface area contributed by atoms with Crippen molar-refractivity contribution in [3.8, 4) is 0 Å². The average Bonchev–Trinajstić information content (AvgIpc) is 3.13. The van der Waals surface area contributed by atoms with Crippen molar-refractivity contribution >= 4 is 5.91 Å². The van der Waals surface area contributed by atoms with Gasteiger partial charge in [0.1, 0.15) is 0 Å². The molecule has 0 saturated heterocycles. The lowest BCUT2D eigenvalue weighted by molar-refractivity contribution is -0.134. The Bertz CT molecular complexity index is 229. The second kappa shape index (κ2) is 7.67. The summed E-state index contributed by atoms with van der Waals surface area (Å²) in [5.74, 6) is 0.970. The molecule has 1 saturated carbocycles. The van der Waals surface area contributed by atoms with Gasteiger partial charge in [-0.2, -0.15) is 0 Å². The van der Waals surface area contributed by atoms with Crippen molar-refractivity contribution in [1.82, 2.24) is 10.2 Å². The summed E-state index contributed by atoms with van der Waals surface area (Å²) in [6, 6.07) is 0.374. The van der Waals surface area contributed by atoms with Crippen LogP contribution in [0, 0.1) is 5.92 Å². The van der Waals surface area contributed by atoms with Gasteiger partial charge in [0.2, 0.25) is 5.91 Å². The Kier molecular flexibility index (Phi) is 6.52. The quantitative estimate of drug-likeness (QED) is 0.619. The van der Waals surface area contributed by atoms with Gasteiger partial charge in [-0.25, -0.2) is 0 Å². The van der Waals surface area contributed by atoms with Crippen molar-refractivity contribution < 1.29 is 9.53 Å². The fourth-order valence-electron chi connectivity index (χ4n) is 2.09. The molecule has 1 fully saturated rings. The molecule has 0 radical (unpaired) electrons. The highest BCUT2D eigenvalue weighted by molar-refractivity contribution is 5.76. The molecule has 1 aliphatic carbocycles. The van der Waals surface area contributed by atoms with Crippen molar-refractivity contribution in [3.05, 3.63) is 0 Å². The molecule has 1 aliphatic rings. The van der Waals surface area contributed by atoms with E-state index in [1.165, 1.54) is 12.8 Å². The van der Waals surface area contributed by atoms with Crippen molar-refractivity contribution in [2.75, 3.05) is 33.4 Å². The summed E-state index contributed by atoms with van der Waals surface area (Å²) >= 11 is 0. The molecule has 1 atom stereocenters. The van der Waals surface area contributed by atoms with E-state index in [9.17, 15) is 4.79 Å². The van der Waals surface area contributed by atoms with E-state index in [1.807, 2.05) is 4.90 Å². The molecule has 1 N–H and O–H groups in total. The van der Waals surface area contributed by atoms with Crippen LogP contribution in [0.3, 0.4) is 0 Å². The number of rotatable bonds is 9. The van der Waals surface area contributed by atoms with Gasteiger partial charge in [0, 0.05) is 32.7 Å². The van der Waals surface area contributed by atoms with Crippen molar-refractivity contribution in [1.29, 1.82) is 0 Å². The summed E-state index contributed by atoms with van der Waals surface area (Å²) in [5.41, 5.74) is 0. The first-order valence-electron chi connectivity index (χ1n) is 6.69. The molecule has 100 valence electrons. The summed E-state index contributed by atoms with van der Waals surface area (Å²) < 4.78 is 5.09. The smallest absolute Gasteiger partial charge is 0.224 e. The molecule has 0 spiro atoms. The average molecular weight is 242 g/mol. The predicted molar refractivity (Wildman–Crippen MR) is 68.9 cm³/mol. The zero-order chi connectivity index (χ0) is 12.7. The number of carbonyl (C=O) groups excluding carboxylic acids is 1. The Morgan fingerprint density at radius 1 is 1.53 bits per heavy atom. The normalized spacial score (nSPS) is 16.9. The largest absolute Gasteiger partial charge is 0.383 e. The van der Waals surface area contributed by atoms with Crippen molar-refractivity contribution in [2.45, 2.75) is 39.2 Å². The van der Waals surface area contributed by atoms with E-state index in [2.05, 4.69) is 19.2 Å². The minimum Gasteiger partial charge on any atom is -0.383 e. The monoisotopic (exact) mass is 242 g/mol. The Hall–Kier alpha value is -0.610. The third-order valence-corrected chi connectivity index (χ3v) is 3.42. The molecule has 0 bridgehead atoms. The van der Waals surface area contributed by atoms with Gasteiger partial charge in [0.15, 0.2) is 0 Å². The van der Waals surface area contributed by atoms with E-state index in [4.69, 9.17) is 4.74 Å². The van der Waals surface area contributed by atoms with E-state index in [1.54, 1.807) is 7.11 Å². The number of carbonyl (C=O) groups is 1. The van der Waals surface area contributed by atoms with Crippen LogP contribution >= 0.6 is 0 Å². The summed E-state index contributed by atoms with van der Waals surface area (Å²) in [6.45, 7) is 7.27. The van der Waals surface area contributed by atoms with Gasteiger partial charge >= 0.3 is 0 Å². The van der Waals surface area contributed by atoms with Crippen molar-refractivity contribution in [3.63, 3.8) is 0 Å². The highest BCUT2D eigenvalue weighted by atomic mass is 16.5. The number of nitrogens with zero attached hydrogens (tertiary/aromatic N) is 1.